The van der Waals surface area contributed by atoms with Crippen molar-refractivity contribution in [2.45, 2.75) is 43.9 Å². The number of benzene rings is 1. The summed E-state index contributed by atoms with van der Waals surface area (Å²) in [5.74, 6) is -1.21. The number of hydrogen-bond acceptors (Lipinski definition) is 3. The molecular weight excluding hydrogens is 314 g/mol. The zero-order valence-electron chi connectivity index (χ0n) is 13.3. The van der Waals surface area contributed by atoms with E-state index in [-0.39, 0.29) is 11.9 Å². The molecule has 6 heteroatoms. The number of amides is 1. The van der Waals surface area contributed by atoms with Gasteiger partial charge in [0.2, 0.25) is 0 Å². The maximum atomic E-state index is 12.5. The Morgan fingerprint density at radius 1 is 1.26 bits per heavy atom. The molecular formula is C17H23NO4S. The molecule has 0 bridgehead atoms. The standard InChI is InChI=1S/C17H23NO4S/c1-23(22)11-12-6-5-7-13(10-12)16(19)18-15-9-4-2-3-8-14(15)17(20)21/h5-7,10,14-15H,2-4,8-9,11H2,1H3,(H,18,19)(H,20,21)/t14-,15+,23?/m1/s1. The molecule has 2 rings (SSSR count). The average molecular weight is 337 g/mol. The SMILES string of the molecule is CS(=O)Cc1cccc(C(=O)N[C@H]2CCCCC[C@H]2C(=O)O)c1. The highest BCUT2D eigenvalue weighted by Gasteiger charge is 2.30. The van der Waals surface area contributed by atoms with Crippen LogP contribution in [0.1, 0.15) is 48.0 Å². The van der Waals surface area contributed by atoms with Gasteiger partial charge in [0.05, 0.1) is 5.92 Å². The highest BCUT2D eigenvalue weighted by atomic mass is 32.2. The fourth-order valence-corrected chi connectivity index (χ4v) is 3.71. The molecule has 1 aliphatic carbocycles. The van der Waals surface area contributed by atoms with Gasteiger partial charge in [-0.3, -0.25) is 13.8 Å². The number of aliphatic carboxylic acids is 1. The largest absolute Gasteiger partial charge is 0.481 e. The third kappa shape index (κ3) is 5.16. The molecule has 0 aliphatic heterocycles. The molecule has 1 aliphatic rings. The van der Waals surface area contributed by atoms with Gasteiger partial charge in [0.15, 0.2) is 0 Å². The number of carbonyl (C=O) groups is 2. The minimum atomic E-state index is -0.968. The van der Waals surface area contributed by atoms with Gasteiger partial charge in [-0.25, -0.2) is 0 Å². The third-order valence-electron chi connectivity index (χ3n) is 4.21. The molecule has 1 saturated carbocycles. The number of carboxylic acids is 1. The van der Waals surface area contributed by atoms with Crippen LogP contribution >= 0.6 is 0 Å². The summed E-state index contributed by atoms with van der Waals surface area (Å²) in [7, 11) is -0.968. The van der Waals surface area contributed by atoms with Crippen LogP contribution in [0.5, 0.6) is 0 Å². The third-order valence-corrected chi connectivity index (χ3v) is 4.95. The fraction of sp³-hybridized carbons (Fsp3) is 0.529. The number of carbonyl (C=O) groups excluding carboxylic acids is 1. The zero-order chi connectivity index (χ0) is 16.8. The van der Waals surface area contributed by atoms with Crippen LogP contribution in [-0.2, 0) is 21.3 Å². The molecule has 0 aromatic heterocycles. The quantitative estimate of drug-likeness (QED) is 0.808. The monoisotopic (exact) mass is 337 g/mol. The van der Waals surface area contributed by atoms with Crippen LogP contribution in [0.4, 0.5) is 0 Å². The first-order chi connectivity index (χ1) is 11.0. The lowest BCUT2D eigenvalue weighted by molar-refractivity contribution is -0.142. The maximum absolute atomic E-state index is 12.5. The first kappa shape index (κ1) is 17.7. The molecule has 0 radical (unpaired) electrons. The lowest BCUT2D eigenvalue weighted by atomic mass is 9.94. The van der Waals surface area contributed by atoms with Crippen LogP contribution in [-0.4, -0.2) is 33.5 Å². The molecule has 3 atom stereocenters. The van der Waals surface area contributed by atoms with Gasteiger partial charge in [-0.1, -0.05) is 31.4 Å². The second-order valence-corrected chi connectivity index (χ2v) is 7.52. The summed E-state index contributed by atoms with van der Waals surface area (Å²) >= 11 is 0. The van der Waals surface area contributed by atoms with Crippen LogP contribution < -0.4 is 5.32 Å². The summed E-state index contributed by atoms with van der Waals surface area (Å²) in [6, 6.07) is 6.70. The Bertz CT molecular complexity index is 602. The molecule has 1 aromatic rings. The lowest BCUT2D eigenvalue weighted by Gasteiger charge is -2.23. The van der Waals surface area contributed by atoms with Crippen molar-refractivity contribution in [1.82, 2.24) is 5.32 Å². The van der Waals surface area contributed by atoms with Crippen molar-refractivity contribution in [3.63, 3.8) is 0 Å². The topological polar surface area (TPSA) is 83.5 Å². The average Bonchev–Trinajstić information content (AvgIpc) is 2.72. The van der Waals surface area contributed by atoms with Crippen molar-refractivity contribution < 1.29 is 18.9 Å². The normalized spacial score (nSPS) is 22.8. The smallest absolute Gasteiger partial charge is 0.308 e. The van der Waals surface area contributed by atoms with Gasteiger partial charge in [-0.15, -0.1) is 0 Å². The molecule has 5 nitrogen and oxygen atoms in total. The number of rotatable bonds is 5. The Labute approximate surface area is 138 Å². The molecule has 1 aromatic carbocycles. The Kier molecular flexibility index (Phi) is 6.33. The van der Waals surface area contributed by atoms with E-state index in [4.69, 9.17) is 0 Å². The summed E-state index contributed by atoms with van der Waals surface area (Å²) in [6.07, 6.45) is 5.75. The number of carboxylic acid groups (broad SMARTS) is 1. The molecule has 0 saturated heterocycles. The van der Waals surface area contributed by atoms with Crippen molar-refractivity contribution in [1.29, 1.82) is 0 Å². The summed E-state index contributed by atoms with van der Waals surface area (Å²) in [4.78, 5) is 23.9. The highest BCUT2D eigenvalue weighted by Crippen LogP contribution is 2.24. The predicted octanol–water partition coefficient (Wildman–Crippen LogP) is 2.33. The molecule has 0 spiro atoms. The van der Waals surface area contributed by atoms with E-state index >= 15 is 0 Å². The second-order valence-electron chi connectivity index (χ2n) is 6.08. The van der Waals surface area contributed by atoms with E-state index < -0.39 is 22.7 Å². The molecule has 1 fully saturated rings. The molecule has 126 valence electrons. The van der Waals surface area contributed by atoms with Gasteiger partial charge in [0, 0.05) is 34.4 Å². The van der Waals surface area contributed by atoms with Gasteiger partial charge >= 0.3 is 5.97 Å². The van der Waals surface area contributed by atoms with Gasteiger partial charge < -0.3 is 10.4 Å². The van der Waals surface area contributed by atoms with Crippen molar-refractivity contribution >= 4 is 22.7 Å². The van der Waals surface area contributed by atoms with Gasteiger partial charge in [-0.2, -0.15) is 0 Å². The van der Waals surface area contributed by atoms with E-state index in [0.29, 0.717) is 24.2 Å². The van der Waals surface area contributed by atoms with E-state index in [1.54, 1.807) is 24.5 Å². The van der Waals surface area contributed by atoms with E-state index in [1.807, 2.05) is 6.07 Å². The molecule has 1 unspecified atom stereocenters. The maximum Gasteiger partial charge on any atom is 0.308 e. The predicted molar refractivity (Wildman–Crippen MR) is 89.7 cm³/mol. The molecule has 23 heavy (non-hydrogen) atoms. The lowest BCUT2D eigenvalue weighted by Crippen LogP contribution is -2.42. The van der Waals surface area contributed by atoms with Crippen LogP contribution in [0, 0.1) is 5.92 Å². The van der Waals surface area contributed by atoms with Crippen LogP contribution in [0.3, 0.4) is 0 Å². The Balaban J connectivity index is 2.10. The number of nitrogens with one attached hydrogen (secondary N) is 1. The molecule has 0 heterocycles. The van der Waals surface area contributed by atoms with Gasteiger partial charge in [-0.05, 0) is 30.5 Å². The first-order valence-electron chi connectivity index (χ1n) is 7.90. The molecule has 2 N–H and O–H groups in total. The minimum absolute atomic E-state index is 0.258. The summed E-state index contributed by atoms with van der Waals surface area (Å²) in [5, 5.41) is 12.3. The Hall–Kier alpha value is -1.69. The van der Waals surface area contributed by atoms with E-state index in [0.717, 1.165) is 24.8 Å². The minimum Gasteiger partial charge on any atom is -0.481 e. The van der Waals surface area contributed by atoms with Crippen LogP contribution in [0.2, 0.25) is 0 Å². The van der Waals surface area contributed by atoms with Crippen molar-refractivity contribution in [2.75, 3.05) is 6.26 Å². The van der Waals surface area contributed by atoms with Crippen LogP contribution in [0.15, 0.2) is 24.3 Å². The van der Waals surface area contributed by atoms with Crippen molar-refractivity contribution in [3.05, 3.63) is 35.4 Å². The Morgan fingerprint density at radius 3 is 2.70 bits per heavy atom. The fourth-order valence-electron chi connectivity index (χ4n) is 3.06. The van der Waals surface area contributed by atoms with Gasteiger partial charge in [0.25, 0.3) is 5.91 Å². The van der Waals surface area contributed by atoms with E-state index in [2.05, 4.69) is 5.32 Å². The highest BCUT2D eigenvalue weighted by molar-refractivity contribution is 7.83. The summed E-state index contributed by atoms with van der Waals surface area (Å²) in [5.41, 5.74) is 1.33. The zero-order valence-corrected chi connectivity index (χ0v) is 14.1. The van der Waals surface area contributed by atoms with Gasteiger partial charge in [0.1, 0.15) is 0 Å². The van der Waals surface area contributed by atoms with E-state index in [9.17, 15) is 18.9 Å². The first-order valence-corrected chi connectivity index (χ1v) is 9.62. The second kappa shape index (κ2) is 8.24. The molecule has 1 amide bonds. The number of hydrogen-bond donors (Lipinski definition) is 2. The van der Waals surface area contributed by atoms with Crippen LogP contribution in [0.25, 0.3) is 0 Å². The Morgan fingerprint density at radius 2 is 2.00 bits per heavy atom. The summed E-state index contributed by atoms with van der Waals surface area (Å²) < 4.78 is 11.3. The summed E-state index contributed by atoms with van der Waals surface area (Å²) in [6.45, 7) is 0. The van der Waals surface area contributed by atoms with Crippen molar-refractivity contribution in [3.8, 4) is 0 Å². The van der Waals surface area contributed by atoms with Crippen molar-refractivity contribution in [2.24, 2.45) is 5.92 Å². The van der Waals surface area contributed by atoms with E-state index in [1.165, 1.54) is 0 Å².